The van der Waals surface area contributed by atoms with Crippen molar-refractivity contribution in [1.82, 2.24) is 5.32 Å². The zero-order valence-electron chi connectivity index (χ0n) is 11.7. The number of ether oxygens (including phenoxy) is 1. The lowest BCUT2D eigenvalue weighted by molar-refractivity contribution is 0.0499. The molecule has 1 aliphatic rings. The maximum atomic E-state index is 11.7. The molecule has 4 nitrogen and oxygen atoms in total. The van der Waals surface area contributed by atoms with Crippen LogP contribution >= 0.6 is 0 Å². The minimum atomic E-state index is -0.461. The van der Waals surface area contributed by atoms with E-state index >= 15 is 0 Å². The molecule has 0 radical (unpaired) electrons. The van der Waals surface area contributed by atoms with Gasteiger partial charge in [-0.05, 0) is 52.4 Å². The Morgan fingerprint density at radius 1 is 1.50 bits per heavy atom. The fourth-order valence-corrected chi connectivity index (χ4v) is 2.16. The van der Waals surface area contributed by atoms with Gasteiger partial charge in [0, 0.05) is 12.6 Å². The molecule has 18 heavy (non-hydrogen) atoms. The summed E-state index contributed by atoms with van der Waals surface area (Å²) in [5.74, 6) is 0.624. The minimum absolute atomic E-state index is 0.0105. The molecule has 0 saturated carbocycles. The van der Waals surface area contributed by atoms with Crippen molar-refractivity contribution in [2.45, 2.75) is 58.1 Å². The van der Waals surface area contributed by atoms with Crippen LogP contribution in [-0.4, -0.2) is 24.3 Å². The standard InChI is InChI=1S/C14H26N2O2/c1-14(2,3)18-13(17)16-12(10-15)9-11-7-5-4-6-8-11/h4-5,11-12H,6-10,15H2,1-3H3,(H,16,17). The number of carbonyl (C=O) groups excluding carboxylic acids is 1. The van der Waals surface area contributed by atoms with Crippen LogP contribution in [0, 0.1) is 5.92 Å². The van der Waals surface area contributed by atoms with E-state index in [9.17, 15) is 4.79 Å². The van der Waals surface area contributed by atoms with Gasteiger partial charge in [0.05, 0.1) is 0 Å². The van der Waals surface area contributed by atoms with Crippen molar-refractivity contribution in [2.75, 3.05) is 6.54 Å². The molecule has 0 bridgehead atoms. The van der Waals surface area contributed by atoms with Gasteiger partial charge >= 0.3 is 6.09 Å². The summed E-state index contributed by atoms with van der Waals surface area (Å²) in [6.07, 6.45) is 8.40. The van der Waals surface area contributed by atoms with Gasteiger partial charge in [0.2, 0.25) is 0 Å². The fraction of sp³-hybridized carbons (Fsp3) is 0.786. The highest BCUT2D eigenvalue weighted by atomic mass is 16.6. The zero-order valence-corrected chi connectivity index (χ0v) is 11.7. The summed E-state index contributed by atoms with van der Waals surface area (Å²) in [7, 11) is 0. The first kappa shape index (κ1) is 15.0. The quantitative estimate of drug-likeness (QED) is 0.758. The molecule has 0 heterocycles. The van der Waals surface area contributed by atoms with E-state index in [-0.39, 0.29) is 12.1 Å². The van der Waals surface area contributed by atoms with Gasteiger partial charge in [0.15, 0.2) is 0 Å². The number of hydrogen-bond donors (Lipinski definition) is 2. The van der Waals surface area contributed by atoms with Gasteiger partial charge < -0.3 is 15.8 Å². The third-order valence-corrected chi connectivity index (χ3v) is 3.00. The summed E-state index contributed by atoms with van der Waals surface area (Å²) in [5.41, 5.74) is 5.25. The van der Waals surface area contributed by atoms with E-state index in [2.05, 4.69) is 17.5 Å². The van der Waals surface area contributed by atoms with Gasteiger partial charge in [0.1, 0.15) is 5.60 Å². The highest BCUT2D eigenvalue weighted by Gasteiger charge is 2.21. The normalized spacial score (nSPS) is 21.4. The predicted octanol–water partition coefficient (Wildman–Crippen LogP) is 2.58. The summed E-state index contributed by atoms with van der Waals surface area (Å²) in [4.78, 5) is 11.7. The molecule has 0 saturated heterocycles. The smallest absolute Gasteiger partial charge is 0.407 e. The van der Waals surface area contributed by atoms with Gasteiger partial charge in [-0.1, -0.05) is 12.2 Å². The van der Waals surface area contributed by atoms with Crippen molar-refractivity contribution >= 4 is 6.09 Å². The molecule has 1 amide bonds. The minimum Gasteiger partial charge on any atom is -0.444 e. The predicted molar refractivity (Wildman–Crippen MR) is 73.3 cm³/mol. The monoisotopic (exact) mass is 254 g/mol. The molecule has 2 unspecified atom stereocenters. The van der Waals surface area contributed by atoms with Crippen LogP contribution in [0.2, 0.25) is 0 Å². The average molecular weight is 254 g/mol. The Morgan fingerprint density at radius 3 is 2.72 bits per heavy atom. The van der Waals surface area contributed by atoms with Crippen LogP contribution in [0.4, 0.5) is 4.79 Å². The summed E-state index contributed by atoms with van der Waals surface area (Å²) in [6.45, 7) is 6.03. The van der Waals surface area contributed by atoms with Crippen molar-refractivity contribution in [3.63, 3.8) is 0 Å². The molecule has 2 atom stereocenters. The number of nitrogens with two attached hydrogens (primary N) is 1. The van der Waals surface area contributed by atoms with Crippen LogP contribution in [0.25, 0.3) is 0 Å². The van der Waals surface area contributed by atoms with Crippen LogP contribution in [0.5, 0.6) is 0 Å². The third-order valence-electron chi connectivity index (χ3n) is 3.00. The Morgan fingerprint density at radius 2 is 2.22 bits per heavy atom. The van der Waals surface area contributed by atoms with E-state index in [0.29, 0.717) is 12.5 Å². The van der Waals surface area contributed by atoms with Crippen LogP contribution in [0.15, 0.2) is 12.2 Å². The first-order valence-electron chi connectivity index (χ1n) is 6.75. The van der Waals surface area contributed by atoms with Gasteiger partial charge in [-0.2, -0.15) is 0 Å². The van der Waals surface area contributed by atoms with Gasteiger partial charge in [-0.25, -0.2) is 4.79 Å². The van der Waals surface area contributed by atoms with Crippen LogP contribution in [0.3, 0.4) is 0 Å². The molecule has 104 valence electrons. The molecule has 1 aliphatic carbocycles. The van der Waals surface area contributed by atoms with Crippen LogP contribution in [0.1, 0.15) is 46.5 Å². The maximum absolute atomic E-state index is 11.7. The van der Waals surface area contributed by atoms with Gasteiger partial charge in [0.25, 0.3) is 0 Å². The van der Waals surface area contributed by atoms with Crippen LogP contribution < -0.4 is 11.1 Å². The van der Waals surface area contributed by atoms with E-state index in [1.807, 2.05) is 20.8 Å². The molecule has 0 aromatic heterocycles. The number of hydrogen-bond acceptors (Lipinski definition) is 3. The number of amides is 1. The van der Waals surface area contributed by atoms with Crippen molar-refractivity contribution in [1.29, 1.82) is 0 Å². The van der Waals surface area contributed by atoms with Crippen molar-refractivity contribution < 1.29 is 9.53 Å². The van der Waals surface area contributed by atoms with E-state index in [4.69, 9.17) is 10.5 Å². The highest BCUT2D eigenvalue weighted by molar-refractivity contribution is 5.68. The molecule has 0 aliphatic heterocycles. The van der Waals surface area contributed by atoms with Gasteiger partial charge in [-0.15, -0.1) is 0 Å². The summed E-state index contributed by atoms with van der Waals surface area (Å²) < 4.78 is 5.24. The Bertz CT molecular complexity index is 295. The van der Waals surface area contributed by atoms with E-state index in [0.717, 1.165) is 19.3 Å². The summed E-state index contributed by atoms with van der Waals surface area (Å²) in [5, 5.41) is 2.86. The molecule has 3 N–H and O–H groups in total. The molecule has 0 aromatic rings. The molecule has 0 aromatic carbocycles. The van der Waals surface area contributed by atoms with E-state index in [1.54, 1.807) is 0 Å². The number of alkyl carbamates (subject to hydrolysis) is 1. The van der Waals surface area contributed by atoms with Crippen molar-refractivity contribution in [3.8, 4) is 0 Å². The lowest BCUT2D eigenvalue weighted by Crippen LogP contribution is -2.44. The Kier molecular flexibility index (Phi) is 5.66. The molecule has 0 spiro atoms. The molecular weight excluding hydrogens is 228 g/mol. The van der Waals surface area contributed by atoms with Crippen molar-refractivity contribution in [3.05, 3.63) is 12.2 Å². The lowest BCUT2D eigenvalue weighted by Gasteiger charge is -2.26. The van der Waals surface area contributed by atoms with E-state index < -0.39 is 5.60 Å². The maximum Gasteiger partial charge on any atom is 0.407 e. The SMILES string of the molecule is CC(C)(C)OC(=O)NC(CN)CC1CC=CCC1. The second-order valence-corrected chi connectivity index (χ2v) is 5.97. The average Bonchev–Trinajstić information content (AvgIpc) is 2.27. The summed E-state index contributed by atoms with van der Waals surface area (Å²) in [6, 6.07) is 0.0105. The largest absolute Gasteiger partial charge is 0.444 e. The molecular formula is C14H26N2O2. The number of rotatable bonds is 4. The molecule has 1 rings (SSSR count). The zero-order chi connectivity index (χ0) is 13.6. The number of carbonyl (C=O) groups is 1. The fourth-order valence-electron chi connectivity index (χ4n) is 2.16. The second kappa shape index (κ2) is 6.78. The lowest BCUT2D eigenvalue weighted by atomic mass is 9.88. The summed E-state index contributed by atoms with van der Waals surface area (Å²) >= 11 is 0. The molecule has 4 heteroatoms. The Hall–Kier alpha value is -1.03. The number of nitrogens with one attached hydrogen (secondary N) is 1. The Balaban J connectivity index is 2.36. The number of allylic oxidation sites excluding steroid dienone is 2. The van der Waals surface area contributed by atoms with Crippen molar-refractivity contribution in [2.24, 2.45) is 11.7 Å². The highest BCUT2D eigenvalue weighted by Crippen LogP contribution is 2.22. The first-order valence-corrected chi connectivity index (χ1v) is 6.75. The Labute approximate surface area is 110 Å². The first-order chi connectivity index (χ1) is 8.40. The molecule has 0 fully saturated rings. The van der Waals surface area contributed by atoms with Gasteiger partial charge in [-0.3, -0.25) is 0 Å². The third kappa shape index (κ3) is 6.05. The van der Waals surface area contributed by atoms with Crippen LogP contribution in [-0.2, 0) is 4.74 Å². The topological polar surface area (TPSA) is 64.3 Å². The second-order valence-electron chi connectivity index (χ2n) is 5.97. The van der Waals surface area contributed by atoms with E-state index in [1.165, 1.54) is 6.42 Å².